The van der Waals surface area contributed by atoms with Crippen LogP contribution < -0.4 is 0 Å². The molecule has 0 saturated heterocycles. The van der Waals surface area contributed by atoms with Gasteiger partial charge in [0.25, 0.3) is 0 Å². The van der Waals surface area contributed by atoms with Gasteiger partial charge >= 0.3 is 39.5 Å². The molecule has 5 unspecified atom stereocenters. The van der Waals surface area contributed by atoms with Crippen LogP contribution in [0.5, 0.6) is 0 Å². The van der Waals surface area contributed by atoms with E-state index >= 15 is 0 Å². The Kier molecular flexibility index (Phi) is 70.4. The van der Waals surface area contributed by atoms with Crippen LogP contribution in [-0.2, 0) is 65.4 Å². The quantitative estimate of drug-likeness (QED) is 0.0169. The predicted octanol–water partition coefficient (Wildman–Crippen LogP) is 22.8. The van der Waals surface area contributed by atoms with E-state index in [-0.39, 0.29) is 25.7 Å². The molecule has 0 saturated carbocycles. The number of rotatable bonds is 74. The van der Waals surface area contributed by atoms with Crippen LogP contribution in [0.3, 0.4) is 0 Å². The minimum atomic E-state index is -4.99. The Hall–Kier alpha value is -4.02. The zero-order valence-electron chi connectivity index (χ0n) is 63.1. The lowest BCUT2D eigenvalue weighted by Crippen LogP contribution is -2.30. The molecular formula is C81H142O17P2. The highest BCUT2D eigenvalue weighted by Crippen LogP contribution is 2.45. The maximum Gasteiger partial charge on any atom is 0.472 e. The summed E-state index contributed by atoms with van der Waals surface area (Å²) in [5, 5.41) is 10.6. The third-order valence-corrected chi connectivity index (χ3v) is 18.5. The van der Waals surface area contributed by atoms with Crippen LogP contribution in [0, 0.1) is 0 Å². The lowest BCUT2D eigenvalue weighted by molar-refractivity contribution is -0.161. The van der Waals surface area contributed by atoms with Crippen molar-refractivity contribution >= 4 is 39.5 Å². The highest BCUT2D eigenvalue weighted by Gasteiger charge is 2.30. The molecule has 578 valence electrons. The maximum absolute atomic E-state index is 13.1. The van der Waals surface area contributed by atoms with Gasteiger partial charge in [-0.05, 0) is 96.3 Å². The Bertz CT molecular complexity index is 2270. The minimum absolute atomic E-state index is 0.0632. The first-order valence-corrected chi connectivity index (χ1v) is 42.5. The zero-order valence-corrected chi connectivity index (χ0v) is 64.9. The molecule has 0 aliphatic heterocycles. The van der Waals surface area contributed by atoms with Crippen molar-refractivity contribution in [3.63, 3.8) is 0 Å². The number of phosphoric acid groups is 2. The molecule has 0 heterocycles. The summed E-state index contributed by atoms with van der Waals surface area (Å²) in [6, 6.07) is 0. The minimum Gasteiger partial charge on any atom is -0.462 e. The molecule has 100 heavy (non-hydrogen) atoms. The fraction of sp³-hybridized carbons (Fsp3) is 0.753. The molecule has 0 rings (SSSR count). The fourth-order valence-electron chi connectivity index (χ4n) is 10.6. The standard InChI is InChI=1S/C81H142O17P2/c1-5-9-13-17-21-25-29-33-36-37-40-43-46-50-54-58-62-66-79(84)92-72-77(98-81(86)68-64-60-56-52-48-44-39-35-31-27-23-19-15-11-7-3)74-96-100(89,90)94-70-75(82)69-93-99(87,88)95-73-76(97-80(85)67-63-59-55-51-47-41-32-28-24-20-16-12-8-4)71-91-78(83)65-61-57-53-49-45-42-38-34-30-26-22-18-14-10-6-2/h9,11,13,15,21,23,25,27,33,35-36,39-40,43,50,54,75-77,82H,5-8,10,12,14,16-20,22,24,26,28-32,34,37-38,41-42,44-49,51-53,55-74H2,1-4H3,(H,87,88)(H,89,90)/b13-9-,15-11-,25-21-,27-23-,36-33-,39-35-,43-40-,54-50-. The lowest BCUT2D eigenvalue weighted by atomic mass is 10.0. The number of allylic oxidation sites excluding steroid dienone is 16. The highest BCUT2D eigenvalue weighted by molar-refractivity contribution is 7.47. The maximum atomic E-state index is 13.1. The average Bonchev–Trinajstić information content (AvgIpc) is 1.06. The summed E-state index contributed by atoms with van der Waals surface area (Å²) in [6.45, 7) is 4.61. The molecule has 0 amide bonds. The lowest BCUT2D eigenvalue weighted by Gasteiger charge is -2.21. The summed E-state index contributed by atoms with van der Waals surface area (Å²) in [5.74, 6) is -2.24. The summed E-state index contributed by atoms with van der Waals surface area (Å²) >= 11 is 0. The number of aliphatic hydroxyl groups excluding tert-OH is 1. The van der Waals surface area contributed by atoms with Crippen LogP contribution in [0.2, 0.25) is 0 Å². The van der Waals surface area contributed by atoms with Gasteiger partial charge in [0.2, 0.25) is 0 Å². The van der Waals surface area contributed by atoms with E-state index in [2.05, 4.69) is 113 Å². The number of unbranched alkanes of at least 4 members (excludes halogenated alkanes) is 32. The highest BCUT2D eigenvalue weighted by atomic mass is 31.2. The van der Waals surface area contributed by atoms with Gasteiger partial charge in [0.1, 0.15) is 19.3 Å². The van der Waals surface area contributed by atoms with Crippen molar-refractivity contribution in [1.29, 1.82) is 0 Å². The molecule has 0 aromatic carbocycles. The number of ether oxygens (including phenoxy) is 4. The summed E-state index contributed by atoms with van der Waals surface area (Å²) in [7, 11) is -9.96. The largest absolute Gasteiger partial charge is 0.472 e. The van der Waals surface area contributed by atoms with Gasteiger partial charge < -0.3 is 33.8 Å². The van der Waals surface area contributed by atoms with Gasteiger partial charge in [0.05, 0.1) is 26.4 Å². The molecule has 0 aromatic heterocycles. The van der Waals surface area contributed by atoms with Crippen molar-refractivity contribution in [1.82, 2.24) is 0 Å². The fourth-order valence-corrected chi connectivity index (χ4v) is 12.2. The Labute approximate surface area is 607 Å². The van der Waals surface area contributed by atoms with E-state index in [4.69, 9.17) is 37.0 Å². The van der Waals surface area contributed by atoms with Gasteiger partial charge in [0.15, 0.2) is 12.2 Å². The van der Waals surface area contributed by atoms with Gasteiger partial charge in [0, 0.05) is 25.7 Å². The van der Waals surface area contributed by atoms with E-state index in [1.165, 1.54) is 122 Å². The van der Waals surface area contributed by atoms with Crippen molar-refractivity contribution in [2.75, 3.05) is 39.6 Å². The van der Waals surface area contributed by atoms with Crippen LogP contribution >= 0.6 is 15.6 Å². The molecule has 19 heteroatoms. The van der Waals surface area contributed by atoms with Crippen molar-refractivity contribution < 1.29 is 80.2 Å². The van der Waals surface area contributed by atoms with Gasteiger partial charge in [-0.15, -0.1) is 0 Å². The second-order valence-corrected chi connectivity index (χ2v) is 29.2. The molecule has 0 aromatic rings. The number of hydrogen-bond donors (Lipinski definition) is 3. The summed E-state index contributed by atoms with van der Waals surface area (Å²) in [6.07, 6.45) is 76.8. The monoisotopic (exact) mass is 1450 g/mol. The van der Waals surface area contributed by atoms with Crippen molar-refractivity contribution in [2.24, 2.45) is 0 Å². The summed E-state index contributed by atoms with van der Waals surface area (Å²) in [5.41, 5.74) is 0. The first-order chi connectivity index (χ1) is 48.7. The molecule has 0 fully saturated rings. The van der Waals surface area contributed by atoms with E-state index in [9.17, 15) is 43.2 Å². The Morgan fingerprint density at radius 2 is 0.530 bits per heavy atom. The average molecular weight is 1450 g/mol. The van der Waals surface area contributed by atoms with Crippen molar-refractivity contribution in [3.05, 3.63) is 97.2 Å². The molecule has 0 spiro atoms. The van der Waals surface area contributed by atoms with Gasteiger partial charge in [-0.25, -0.2) is 9.13 Å². The Morgan fingerprint density at radius 1 is 0.290 bits per heavy atom. The number of hydrogen-bond acceptors (Lipinski definition) is 15. The SMILES string of the molecule is CC/C=C\C/C=C\C/C=C\C/C=C\C/C=C\CCCC(=O)OCC(COP(=O)(O)OCC(O)COP(=O)(O)OCC(COC(=O)CCCCCCCCCCCCCCCCC)OC(=O)CCCCCCCCCCCCCCC)OC(=O)CCCCCCC/C=C\C/C=C\C/C=C\CC. The molecule has 17 nitrogen and oxygen atoms in total. The van der Waals surface area contributed by atoms with E-state index in [0.29, 0.717) is 32.1 Å². The second-order valence-electron chi connectivity index (χ2n) is 26.3. The Balaban J connectivity index is 5.39. The molecule has 3 N–H and O–H groups in total. The summed E-state index contributed by atoms with van der Waals surface area (Å²) in [4.78, 5) is 72.9. The molecule has 0 radical (unpaired) electrons. The first-order valence-electron chi connectivity index (χ1n) is 39.5. The van der Waals surface area contributed by atoms with Crippen molar-refractivity contribution in [3.8, 4) is 0 Å². The number of carbonyl (C=O) groups is 4. The normalized spacial score (nSPS) is 14.4. The van der Waals surface area contributed by atoms with Crippen LogP contribution in [0.4, 0.5) is 0 Å². The first kappa shape index (κ1) is 96.0. The predicted molar refractivity (Wildman–Crippen MR) is 409 cm³/mol. The van der Waals surface area contributed by atoms with Gasteiger partial charge in [-0.1, -0.05) is 311 Å². The zero-order chi connectivity index (χ0) is 73.2. The van der Waals surface area contributed by atoms with E-state index in [1.54, 1.807) is 0 Å². The van der Waals surface area contributed by atoms with Crippen LogP contribution in [0.15, 0.2) is 97.2 Å². The van der Waals surface area contributed by atoms with Crippen LogP contribution in [0.25, 0.3) is 0 Å². The number of esters is 4. The Morgan fingerprint density at radius 3 is 0.840 bits per heavy atom. The second kappa shape index (κ2) is 73.3. The van der Waals surface area contributed by atoms with Gasteiger partial charge in [-0.2, -0.15) is 0 Å². The molecular weight excluding hydrogens is 1310 g/mol. The molecule has 0 bridgehead atoms. The van der Waals surface area contributed by atoms with Crippen molar-refractivity contribution in [2.45, 2.75) is 354 Å². The smallest absolute Gasteiger partial charge is 0.462 e. The third-order valence-electron chi connectivity index (χ3n) is 16.6. The van der Waals surface area contributed by atoms with E-state index < -0.39 is 97.5 Å². The number of phosphoric ester groups is 2. The number of carbonyl (C=O) groups excluding carboxylic acids is 4. The van der Waals surface area contributed by atoms with Crippen LogP contribution in [-0.4, -0.2) is 96.7 Å². The third kappa shape index (κ3) is 72.3. The number of aliphatic hydroxyl groups is 1. The van der Waals surface area contributed by atoms with Crippen LogP contribution in [0.1, 0.15) is 336 Å². The van der Waals surface area contributed by atoms with Gasteiger partial charge in [-0.3, -0.25) is 37.3 Å². The summed E-state index contributed by atoms with van der Waals surface area (Å²) < 4.78 is 68.5. The molecule has 0 aliphatic rings. The molecule has 0 aliphatic carbocycles. The van der Waals surface area contributed by atoms with E-state index in [0.717, 1.165) is 128 Å². The molecule has 5 atom stereocenters. The topological polar surface area (TPSA) is 237 Å². The van der Waals surface area contributed by atoms with E-state index in [1.807, 2.05) is 12.2 Å².